The Hall–Kier alpha value is -1.52. The molecule has 0 saturated carbocycles. The van der Waals surface area contributed by atoms with Gasteiger partial charge in [-0.25, -0.2) is 0 Å². The Balaban J connectivity index is 0.00000192. The summed E-state index contributed by atoms with van der Waals surface area (Å²) in [6.07, 6.45) is 2.01. The normalized spacial score (nSPS) is 15.1. The Kier molecular flexibility index (Phi) is 6.08. The highest BCUT2D eigenvalue weighted by Gasteiger charge is 2.25. The van der Waals surface area contributed by atoms with Crippen LogP contribution >= 0.6 is 28.3 Å². The second-order valence-corrected chi connectivity index (χ2v) is 6.62. The van der Waals surface area contributed by atoms with E-state index in [4.69, 9.17) is 5.73 Å². The number of nitrogens with zero attached hydrogens (tertiary/aromatic N) is 1. The Morgan fingerprint density at radius 2 is 1.74 bits per heavy atom. The lowest BCUT2D eigenvalue weighted by Crippen LogP contribution is -2.38. The first-order valence-corrected chi connectivity index (χ1v) is 8.33. The summed E-state index contributed by atoms with van der Waals surface area (Å²) in [5.41, 5.74) is 8.47. The van der Waals surface area contributed by atoms with Gasteiger partial charge in [-0.05, 0) is 42.5 Å². The molecule has 0 atom stereocenters. The van der Waals surface area contributed by atoms with Crippen LogP contribution in [0.1, 0.15) is 34.7 Å². The van der Waals surface area contributed by atoms with Gasteiger partial charge in [0.2, 0.25) is 0 Å². The number of piperidine rings is 1. The van der Waals surface area contributed by atoms with Crippen LogP contribution in [0.2, 0.25) is 0 Å². The van der Waals surface area contributed by atoms with Crippen molar-refractivity contribution in [3.8, 4) is 0 Å². The monoisotopic (exact) mass is 394 g/mol. The smallest absolute Gasteiger partial charge is 0.255 e. The molecule has 122 valence electrons. The number of nitrogen functional groups attached to an aromatic ring is 1. The second kappa shape index (κ2) is 7.84. The van der Waals surface area contributed by atoms with Gasteiger partial charge in [0.15, 0.2) is 0 Å². The van der Waals surface area contributed by atoms with E-state index in [-0.39, 0.29) is 18.3 Å². The van der Waals surface area contributed by atoms with Gasteiger partial charge in [-0.2, -0.15) is 0 Å². The maximum absolute atomic E-state index is 12.6. The lowest BCUT2D eigenvalue weighted by atomic mass is 9.89. The van der Waals surface area contributed by atoms with Crippen molar-refractivity contribution in [1.29, 1.82) is 0 Å². The molecule has 0 aliphatic carbocycles. The molecule has 23 heavy (non-hydrogen) atoms. The summed E-state index contributed by atoms with van der Waals surface area (Å²) >= 11 is 3.37. The fraction of sp³-hybridized carbons (Fsp3) is 0.278. The van der Waals surface area contributed by atoms with Crippen LogP contribution < -0.4 is 5.73 Å². The van der Waals surface area contributed by atoms with Crippen LogP contribution in [0.15, 0.2) is 53.0 Å². The third-order valence-electron chi connectivity index (χ3n) is 4.30. The van der Waals surface area contributed by atoms with Gasteiger partial charge in [0.1, 0.15) is 0 Å². The first kappa shape index (κ1) is 17.8. The number of hydrogen-bond acceptors (Lipinski definition) is 2. The van der Waals surface area contributed by atoms with Crippen molar-refractivity contribution in [1.82, 2.24) is 4.90 Å². The minimum atomic E-state index is 0. The highest BCUT2D eigenvalue weighted by atomic mass is 79.9. The lowest BCUT2D eigenvalue weighted by molar-refractivity contribution is 0.0714. The number of amides is 1. The molecule has 2 aromatic rings. The van der Waals surface area contributed by atoms with Crippen molar-refractivity contribution >= 4 is 39.9 Å². The minimum Gasteiger partial charge on any atom is -0.398 e. The fourth-order valence-corrected chi connectivity index (χ4v) is 3.42. The van der Waals surface area contributed by atoms with Crippen LogP contribution in [0.5, 0.6) is 0 Å². The minimum absolute atomic E-state index is 0. The van der Waals surface area contributed by atoms with Crippen LogP contribution in [0, 0.1) is 0 Å². The third kappa shape index (κ3) is 4.06. The number of rotatable bonds is 2. The van der Waals surface area contributed by atoms with E-state index in [9.17, 15) is 4.79 Å². The predicted octanol–water partition coefficient (Wildman–Crippen LogP) is 4.47. The number of carbonyl (C=O) groups is 1. The first-order valence-electron chi connectivity index (χ1n) is 7.54. The van der Waals surface area contributed by atoms with E-state index in [1.165, 1.54) is 5.56 Å². The average Bonchev–Trinajstić information content (AvgIpc) is 2.55. The summed E-state index contributed by atoms with van der Waals surface area (Å²) in [4.78, 5) is 14.5. The highest BCUT2D eigenvalue weighted by Crippen LogP contribution is 2.29. The summed E-state index contributed by atoms with van der Waals surface area (Å²) < 4.78 is 0.893. The zero-order valence-electron chi connectivity index (χ0n) is 12.7. The van der Waals surface area contributed by atoms with Gasteiger partial charge < -0.3 is 10.6 Å². The SMILES string of the molecule is Cl.Nc1cc(Br)ccc1C(=O)N1CCC(c2ccccc2)CC1. The summed E-state index contributed by atoms with van der Waals surface area (Å²) in [5.74, 6) is 0.587. The lowest BCUT2D eigenvalue weighted by Gasteiger charge is -2.32. The van der Waals surface area contributed by atoms with Gasteiger partial charge in [0, 0.05) is 23.2 Å². The van der Waals surface area contributed by atoms with E-state index >= 15 is 0 Å². The Bertz CT molecular complexity index is 670. The molecule has 3 rings (SSSR count). The van der Waals surface area contributed by atoms with Gasteiger partial charge in [-0.3, -0.25) is 4.79 Å². The number of halogens is 2. The molecule has 1 aliphatic rings. The van der Waals surface area contributed by atoms with E-state index in [0.29, 0.717) is 17.2 Å². The third-order valence-corrected chi connectivity index (χ3v) is 4.79. The molecule has 0 spiro atoms. The predicted molar refractivity (Wildman–Crippen MR) is 100 cm³/mol. The number of benzene rings is 2. The van der Waals surface area contributed by atoms with Crippen molar-refractivity contribution < 1.29 is 4.79 Å². The molecule has 1 heterocycles. The average molecular weight is 396 g/mol. The van der Waals surface area contributed by atoms with E-state index in [1.807, 2.05) is 17.0 Å². The van der Waals surface area contributed by atoms with Gasteiger partial charge in [0.05, 0.1) is 5.56 Å². The van der Waals surface area contributed by atoms with Crippen LogP contribution in [-0.2, 0) is 0 Å². The summed E-state index contributed by atoms with van der Waals surface area (Å²) in [5, 5.41) is 0. The number of likely N-dealkylation sites (tertiary alicyclic amines) is 1. The molecule has 0 bridgehead atoms. The number of anilines is 1. The van der Waals surface area contributed by atoms with Crippen LogP contribution in [0.3, 0.4) is 0 Å². The maximum Gasteiger partial charge on any atom is 0.255 e. The van der Waals surface area contributed by atoms with E-state index < -0.39 is 0 Å². The van der Waals surface area contributed by atoms with Crippen molar-refractivity contribution in [2.75, 3.05) is 18.8 Å². The largest absolute Gasteiger partial charge is 0.398 e. The Morgan fingerprint density at radius 3 is 2.35 bits per heavy atom. The van der Waals surface area contributed by atoms with Gasteiger partial charge in [0.25, 0.3) is 5.91 Å². The van der Waals surface area contributed by atoms with Crippen molar-refractivity contribution in [3.63, 3.8) is 0 Å². The molecule has 2 N–H and O–H groups in total. The Labute approximate surface area is 151 Å². The quantitative estimate of drug-likeness (QED) is 0.762. The molecule has 0 aromatic heterocycles. The number of carbonyl (C=O) groups excluding carboxylic acids is 1. The molecular formula is C18H20BrClN2O. The highest BCUT2D eigenvalue weighted by molar-refractivity contribution is 9.10. The van der Waals surface area contributed by atoms with Crippen LogP contribution in [0.25, 0.3) is 0 Å². The number of nitrogens with two attached hydrogens (primary N) is 1. The molecule has 1 aliphatic heterocycles. The standard InChI is InChI=1S/C18H19BrN2O.ClH/c19-15-6-7-16(17(20)12-15)18(22)21-10-8-14(9-11-21)13-4-2-1-3-5-13;/h1-7,12,14H,8-11,20H2;1H. The molecule has 0 radical (unpaired) electrons. The van der Waals surface area contributed by atoms with Crippen LogP contribution in [0.4, 0.5) is 5.69 Å². The molecule has 1 amide bonds. The zero-order chi connectivity index (χ0) is 15.5. The van der Waals surface area contributed by atoms with Crippen molar-refractivity contribution in [3.05, 3.63) is 64.1 Å². The first-order chi connectivity index (χ1) is 10.6. The van der Waals surface area contributed by atoms with E-state index in [2.05, 4.69) is 40.2 Å². The maximum atomic E-state index is 12.6. The molecule has 0 unspecified atom stereocenters. The van der Waals surface area contributed by atoms with Crippen molar-refractivity contribution in [2.45, 2.75) is 18.8 Å². The zero-order valence-corrected chi connectivity index (χ0v) is 15.1. The molecular weight excluding hydrogens is 376 g/mol. The molecule has 3 nitrogen and oxygen atoms in total. The van der Waals surface area contributed by atoms with Gasteiger partial charge >= 0.3 is 0 Å². The Morgan fingerprint density at radius 1 is 1.09 bits per heavy atom. The van der Waals surface area contributed by atoms with E-state index in [1.54, 1.807) is 12.1 Å². The fourth-order valence-electron chi connectivity index (χ4n) is 3.04. The second-order valence-electron chi connectivity index (χ2n) is 5.71. The van der Waals surface area contributed by atoms with E-state index in [0.717, 1.165) is 30.4 Å². The molecule has 1 saturated heterocycles. The van der Waals surface area contributed by atoms with Crippen molar-refractivity contribution in [2.24, 2.45) is 0 Å². The molecule has 5 heteroatoms. The molecule has 2 aromatic carbocycles. The summed E-state index contributed by atoms with van der Waals surface area (Å²) in [7, 11) is 0. The topological polar surface area (TPSA) is 46.3 Å². The van der Waals surface area contributed by atoms with Crippen LogP contribution in [-0.4, -0.2) is 23.9 Å². The van der Waals surface area contributed by atoms with Gasteiger partial charge in [-0.1, -0.05) is 46.3 Å². The molecule has 1 fully saturated rings. The summed E-state index contributed by atoms with van der Waals surface area (Å²) in [6.45, 7) is 1.57. The number of hydrogen-bond donors (Lipinski definition) is 1. The van der Waals surface area contributed by atoms with Gasteiger partial charge in [-0.15, -0.1) is 12.4 Å². The summed E-state index contributed by atoms with van der Waals surface area (Å²) in [6, 6.07) is 16.0.